The molecule has 4 rings (SSSR count). The van der Waals surface area contributed by atoms with Crippen molar-refractivity contribution in [2.24, 2.45) is 0 Å². The first kappa shape index (κ1) is 26.8. The van der Waals surface area contributed by atoms with E-state index in [1.165, 1.54) is 16.4 Å². The first-order valence-corrected chi connectivity index (χ1v) is 13.7. The van der Waals surface area contributed by atoms with E-state index in [4.69, 9.17) is 16.3 Å². The quantitative estimate of drug-likeness (QED) is 0.428. The number of nitrogens with one attached hydrogen (secondary N) is 1. The lowest BCUT2D eigenvalue weighted by Gasteiger charge is -2.34. The number of halogens is 1. The summed E-state index contributed by atoms with van der Waals surface area (Å²) >= 11 is 6.17. The second kappa shape index (κ2) is 11.9. The summed E-state index contributed by atoms with van der Waals surface area (Å²) in [7, 11) is -3.48. The molecule has 0 bridgehead atoms. The number of ether oxygens (including phenoxy) is 1. The average molecular weight is 542 g/mol. The summed E-state index contributed by atoms with van der Waals surface area (Å²) in [5, 5.41) is 2.98. The zero-order valence-electron chi connectivity index (χ0n) is 20.4. The summed E-state index contributed by atoms with van der Waals surface area (Å²) in [5.41, 5.74) is 2.21. The normalized spacial score (nSPS) is 14.8. The number of esters is 1. The van der Waals surface area contributed by atoms with Crippen molar-refractivity contribution in [2.75, 3.05) is 38.1 Å². The Labute approximate surface area is 221 Å². The number of piperazine rings is 1. The molecule has 3 aromatic rings. The molecule has 10 heteroatoms. The van der Waals surface area contributed by atoms with Crippen molar-refractivity contribution in [3.63, 3.8) is 0 Å². The number of hydrogen-bond donors (Lipinski definition) is 1. The first-order chi connectivity index (χ1) is 17.8. The molecule has 1 aliphatic heterocycles. The molecule has 1 fully saturated rings. The predicted molar refractivity (Wildman–Crippen MR) is 142 cm³/mol. The number of carbonyl (C=O) groups is 2. The van der Waals surface area contributed by atoms with Gasteiger partial charge in [0.1, 0.15) is 0 Å². The highest BCUT2D eigenvalue weighted by molar-refractivity contribution is 7.89. The summed E-state index contributed by atoms with van der Waals surface area (Å²) in [4.78, 5) is 27.1. The number of carbonyl (C=O) groups excluding carboxylic acids is 2. The van der Waals surface area contributed by atoms with Crippen LogP contribution in [0.15, 0.2) is 77.7 Å². The molecular weight excluding hydrogens is 514 g/mol. The third kappa shape index (κ3) is 6.56. The molecule has 8 nitrogen and oxygen atoms in total. The van der Waals surface area contributed by atoms with Crippen LogP contribution in [0.4, 0.5) is 5.69 Å². The Morgan fingerprint density at radius 1 is 0.946 bits per heavy atom. The lowest BCUT2D eigenvalue weighted by molar-refractivity contribution is 0.0526. The molecule has 1 aliphatic rings. The van der Waals surface area contributed by atoms with Crippen molar-refractivity contribution < 1.29 is 22.7 Å². The second-order valence-electron chi connectivity index (χ2n) is 8.56. The Bertz CT molecular complexity index is 1360. The molecule has 3 aromatic carbocycles. The van der Waals surface area contributed by atoms with Crippen LogP contribution < -0.4 is 5.32 Å². The van der Waals surface area contributed by atoms with Gasteiger partial charge in [-0.25, -0.2) is 13.2 Å². The SMILES string of the molecule is CCOC(=O)c1ccc(NC(=O)c2ccc(CN3CCN(S(=O)(=O)c4ccccc4)CC3)cc2)cc1Cl. The van der Waals surface area contributed by atoms with E-state index in [2.05, 4.69) is 10.2 Å². The summed E-state index contributed by atoms with van der Waals surface area (Å²) in [6.45, 7) is 4.71. The highest BCUT2D eigenvalue weighted by Gasteiger charge is 2.28. The minimum Gasteiger partial charge on any atom is -0.462 e. The van der Waals surface area contributed by atoms with E-state index in [1.807, 2.05) is 12.1 Å². The highest BCUT2D eigenvalue weighted by Crippen LogP contribution is 2.23. The number of anilines is 1. The van der Waals surface area contributed by atoms with Crippen molar-refractivity contribution in [3.8, 4) is 0 Å². The lowest BCUT2D eigenvalue weighted by atomic mass is 10.1. The number of nitrogens with zero attached hydrogens (tertiary/aromatic N) is 2. The maximum absolute atomic E-state index is 12.8. The van der Waals surface area contributed by atoms with Gasteiger partial charge in [0.2, 0.25) is 10.0 Å². The first-order valence-electron chi connectivity index (χ1n) is 11.9. The Hall–Kier alpha value is -3.24. The summed E-state index contributed by atoms with van der Waals surface area (Å²) in [6.07, 6.45) is 0. The van der Waals surface area contributed by atoms with Crippen molar-refractivity contribution in [1.82, 2.24) is 9.21 Å². The molecule has 37 heavy (non-hydrogen) atoms. The van der Waals surface area contributed by atoms with Crippen LogP contribution in [0, 0.1) is 0 Å². The van der Waals surface area contributed by atoms with Crippen LogP contribution in [-0.2, 0) is 21.3 Å². The molecule has 0 atom stereocenters. The maximum atomic E-state index is 12.8. The monoisotopic (exact) mass is 541 g/mol. The number of sulfonamides is 1. The van der Waals surface area contributed by atoms with Gasteiger partial charge in [-0.3, -0.25) is 9.69 Å². The zero-order chi connectivity index (χ0) is 26.4. The van der Waals surface area contributed by atoms with Gasteiger partial charge in [0.05, 0.1) is 22.1 Å². The zero-order valence-corrected chi connectivity index (χ0v) is 22.0. The van der Waals surface area contributed by atoms with E-state index in [9.17, 15) is 18.0 Å². The molecule has 0 unspecified atom stereocenters. The van der Waals surface area contributed by atoms with Crippen molar-refractivity contribution in [2.45, 2.75) is 18.4 Å². The van der Waals surface area contributed by atoms with Crippen LogP contribution in [0.2, 0.25) is 5.02 Å². The van der Waals surface area contributed by atoms with Crippen molar-refractivity contribution >= 4 is 39.2 Å². The summed E-state index contributed by atoms with van der Waals surface area (Å²) in [5.74, 6) is -0.813. The number of amides is 1. The summed E-state index contributed by atoms with van der Waals surface area (Å²) in [6, 6.07) is 20.4. The third-order valence-corrected chi connectivity index (χ3v) is 8.28. The Morgan fingerprint density at radius 2 is 1.62 bits per heavy atom. The van der Waals surface area contributed by atoms with Gasteiger partial charge in [0, 0.05) is 44.0 Å². The van der Waals surface area contributed by atoms with Crippen LogP contribution in [0.25, 0.3) is 0 Å². The van der Waals surface area contributed by atoms with Gasteiger partial charge in [-0.15, -0.1) is 0 Å². The van der Waals surface area contributed by atoms with Gasteiger partial charge in [-0.2, -0.15) is 4.31 Å². The van der Waals surface area contributed by atoms with E-state index in [0.29, 0.717) is 48.9 Å². The predicted octanol–water partition coefficient (Wildman–Crippen LogP) is 4.28. The van der Waals surface area contributed by atoms with E-state index >= 15 is 0 Å². The molecule has 194 valence electrons. The van der Waals surface area contributed by atoms with Gasteiger partial charge in [0.25, 0.3) is 5.91 Å². The van der Waals surface area contributed by atoms with Crippen LogP contribution >= 0.6 is 11.6 Å². The van der Waals surface area contributed by atoms with Gasteiger partial charge >= 0.3 is 5.97 Å². The molecule has 0 saturated carbocycles. The van der Waals surface area contributed by atoms with Crippen LogP contribution in [0.3, 0.4) is 0 Å². The molecule has 1 saturated heterocycles. The Morgan fingerprint density at radius 3 is 2.24 bits per heavy atom. The van der Waals surface area contributed by atoms with E-state index in [0.717, 1.165) is 5.56 Å². The maximum Gasteiger partial charge on any atom is 0.339 e. The van der Waals surface area contributed by atoms with Gasteiger partial charge in [-0.1, -0.05) is 41.9 Å². The largest absolute Gasteiger partial charge is 0.462 e. The highest BCUT2D eigenvalue weighted by atomic mass is 35.5. The topological polar surface area (TPSA) is 96.0 Å². The van der Waals surface area contributed by atoms with E-state index < -0.39 is 16.0 Å². The number of hydrogen-bond acceptors (Lipinski definition) is 6. The molecule has 0 aliphatic carbocycles. The average Bonchev–Trinajstić information content (AvgIpc) is 2.90. The van der Waals surface area contributed by atoms with Crippen LogP contribution in [-0.4, -0.2) is 62.3 Å². The summed E-state index contributed by atoms with van der Waals surface area (Å²) < 4.78 is 32.1. The van der Waals surface area contributed by atoms with Gasteiger partial charge in [0.15, 0.2) is 0 Å². The van der Waals surface area contributed by atoms with E-state index in [-0.39, 0.29) is 23.1 Å². The fourth-order valence-electron chi connectivity index (χ4n) is 4.06. The fourth-order valence-corrected chi connectivity index (χ4v) is 5.76. The molecule has 0 aromatic heterocycles. The minimum absolute atomic E-state index is 0.197. The van der Waals surface area contributed by atoms with Crippen LogP contribution in [0.5, 0.6) is 0 Å². The van der Waals surface area contributed by atoms with Gasteiger partial charge in [-0.05, 0) is 55.0 Å². The van der Waals surface area contributed by atoms with Gasteiger partial charge < -0.3 is 10.1 Å². The Kier molecular flexibility index (Phi) is 8.60. The lowest BCUT2D eigenvalue weighted by Crippen LogP contribution is -2.48. The fraction of sp³-hybridized carbons (Fsp3) is 0.259. The van der Waals surface area contributed by atoms with Crippen molar-refractivity contribution in [3.05, 3.63) is 94.5 Å². The second-order valence-corrected chi connectivity index (χ2v) is 10.9. The molecule has 1 heterocycles. The third-order valence-electron chi connectivity index (χ3n) is 6.06. The molecular formula is C27H28ClN3O5S. The number of rotatable bonds is 8. The molecule has 0 radical (unpaired) electrons. The smallest absolute Gasteiger partial charge is 0.339 e. The standard InChI is InChI=1S/C27H28ClN3O5S/c1-2-36-27(33)24-13-12-22(18-25(24)28)29-26(32)21-10-8-20(9-11-21)19-30-14-16-31(17-15-30)37(34,35)23-6-4-3-5-7-23/h3-13,18H,2,14-17,19H2,1H3,(H,29,32). The Balaban J connectivity index is 1.31. The van der Waals surface area contributed by atoms with E-state index in [1.54, 1.807) is 55.5 Å². The molecule has 1 amide bonds. The molecule has 1 N–H and O–H groups in total. The van der Waals surface area contributed by atoms with Crippen molar-refractivity contribution in [1.29, 1.82) is 0 Å². The molecule has 0 spiro atoms. The van der Waals surface area contributed by atoms with Crippen LogP contribution in [0.1, 0.15) is 33.2 Å². The number of benzene rings is 3. The minimum atomic E-state index is -3.48.